The number of thiophene rings is 1. The molecule has 6 aromatic heterocycles. The molecular weight excluding hydrogens is 496 g/mol. The van der Waals surface area contributed by atoms with Gasteiger partial charge in [0.2, 0.25) is 5.91 Å². The Morgan fingerprint density at radius 1 is 1.03 bits per heavy atom. The molecule has 6 rings (SSSR count). The quantitative estimate of drug-likeness (QED) is 0.242. The van der Waals surface area contributed by atoms with E-state index in [1.807, 2.05) is 39.1 Å². The highest BCUT2D eigenvalue weighted by Gasteiger charge is 2.18. The van der Waals surface area contributed by atoms with Crippen LogP contribution in [0.25, 0.3) is 55.2 Å². The largest absolute Gasteiger partial charge is 0.335 e. The van der Waals surface area contributed by atoms with Gasteiger partial charge in [-0.3, -0.25) is 19.9 Å². The van der Waals surface area contributed by atoms with Gasteiger partial charge in [0, 0.05) is 51.5 Å². The normalized spacial score (nSPS) is 11.9. The number of pyridine rings is 3. The third-order valence-electron chi connectivity index (χ3n) is 6.09. The van der Waals surface area contributed by atoms with Crippen LogP contribution < -0.4 is 5.32 Å². The summed E-state index contributed by atoms with van der Waals surface area (Å²) in [5.41, 5.74) is 6.24. The van der Waals surface area contributed by atoms with Crippen LogP contribution in [0.3, 0.4) is 0 Å². The third-order valence-corrected chi connectivity index (χ3v) is 7.13. The number of aromatic amines is 2. The molecule has 3 N–H and O–H groups in total. The molecule has 0 spiro atoms. The number of H-pyrrole nitrogens is 2. The minimum Gasteiger partial charge on any atom is -0.335 e. The summed E-state index contributed by atoms with van der Waals surface area (Å²) in [7, 11) is 0. The maximum atomic E-state index is 12.4. The Kier molecular flexibility index (Phi) is 5.76. The van der Waals surface area contributed by atoms with E-state index in [1.54, 1.807) is 36.1 Å². The molecule has 0 fully saturated rings. The lowest BCUT2D eigenvalue weighted by atomic mass is 9.92. The van der Waals surface area contributed by atoms with Gasteiger partial charge in [0.05, 0.1) is 29.0 Å². The van der Waals surface area contributed by atoms with E-state index in [2.05, 4.69) is 54.5 Å². The molecule has 0 unspecified atom stereocenters. The van der Waals surface area contributed by atoms with Crippen LogP contribution >= 0.6 is 11.3 Å². The first-order valence-electron chi connectivity index (χ1n) is 12.2. The van der Waals surface area contributed by atoms with Crippen LogP contribution in [-0.2, 0) is 4.79 Å². The second kappa shape index (κ2) is 9.14. The van der Waals surface area contributed by atoms with Crippen molar-refractivity contribution in [3.63, 3.8) is 0 Å². The Balaban J connectivity index is 1.36. The van der Waals surface area contributed by atoms with Crippen molar-refractivity contribution in [2.75, 3.05) is 5.32 Å². The van der Waals surface area contributed by atoms with Crippen molar-refractivity contribution >= 4 is 45.0 Å². The van der Waals surface area contributed by atoms with Crippen molar-refractivity contribution in [3.8, 4) is 33.1 Å². The second-order valence-corrected chi connectivity index (χ2v) is 11.8. The summed E-state index contributed by atoms with van der Waals surface area (Å²) in [6.45, 7) is 8.19. The van der Waals surface area contributed by atoms with E-state index in [-0.39, 0.29) is 11.3 Å². The van der Waals surface area contributed by atoms with Crippen molar-refractivity contribution in [2.45, 2.75) is 34.1 Å². The number of carbonyl (C=O) groups is 1. The van der Waals surface area contributed by atoms with E-state index in [4.69, 9.17) is 4.98 Å². The van der Waals surface area contributed by atoms with Crippen molar-refractivity contribution in [1.82, 2.24) is 35.1 Å². The van der Waals surface area contributed by atoms with Crippen molar-refractivity contribution in [1.29, 1.82) is 0 Å². The molecule has 6 heterocycles. The van der Waals surface area contributed by atoms with Gasteiger partial charge in [-0.1, -0.05) is 20.8 Å². The molecule has 0 aliphatic rings. The lowest BCUT2D eigenvalue weighted by Gasteiger charge is -2.17. The smallest absolute Gasteiger partial charge is 0.224 e. The Hall–Kier alpha value is -4.44. The Morgan fingerprint density at radius 3 is 2.63 bits per heavy atom. The van der Waals surface area contributed by atoms with Crippen LogP contribution in [0.2, 0.25) is 0 Å². The Morgan fingerprint density at radius 2 is 1.84 bits per heavy atom. The molecule has 0 saturated heterocycles. The average molecular weight is 523 g/mol. The summed E-state index contributed by atoms with van der Waals surface area (Å²) in [6.07, 6.45) is 9.21. The van der Waals surface area contributed by atoms with Gasteiger partial charge in [-0.05, 0) is 36.6 Å². The average Bonchev–Trinajstić information content (AvgIpc) is 3.60. The molecule has 0 aromatic carbocycles. The molecule has 0 bridgehead atoms. The molecule has 190 valence electrons. The van der Waals surface area contributed by atoms with Crippen LogP contribution in [0.5, 0.6) is 0 Å². The molecule has 9 nitrogen and oxygen atoms in total. The number of carbonyl (C=O) groups excluding carboxylic acids is 1. The van der Waals surface area contributed by atoms with Gasteiger partial charge in [0.25, 0.3) is 0 Å². The maximum Gasteiger partial charge on any atom is 0.224 e. The van der Waals surface area contributed by atoms with Gasteiger partial charge in [-0.25, -0.2) is 9.97 Å². The van der Waals surface area contributed by atoms with Gasteiger partial charge in [0.1, 0.15) is 11.2 Å². The van der Waals surface area contributed by atoms with Crippen LogP contribution in [0, 0.1) is 12.3 Å². The van der Waals surface area contributed by atoms with Gasteiger partial charge in [0.15, 0.2) is 11.5 Å². The molecule has 10 heteroatoms. The van der Waals surface area contributed by atoms with E-state index in [9.17, 15) is 4.79 Å². The van der Waals surface area contributed by atoms with Crippen LogP contribution in [0.1, 0.15) is 32.1 Å². The summed E-state index contributed by atoms with van der Waals surface area (Å²) in [5.74, 6) is 0.615. The lowest BCUT2D eigenvalue weighted by Crippen LogP contribution is -2.19. The van der Waals surface area contributed by atoms with E-state index in [0.717, 1.165) is 43.7 Å². The lowest BCUT2D eigenvalue weighted by molar-refractivity contribution is -0.117. The van der Waals surface area contributed by atoms with Crippen LogP contribution in [-0.4, -0.2) is 41.0 Å². The zero-order chi connectivity index (χ0) is 26.4. The number of nitrogens with one attached hydrogen (secondary N) is 3. The fourth-order valence-electron chi connectivity index (χ4n) is 4.40. The number of hydrogen-bond acceptors (Lipinski definition) is 7. The first kappa shape index (κ1) is 23.9. The zero-order valence-electron chi connectivity index (χ0n) is 21.5. The number of nitrogens with zero attached hydrogens (tertiary/aromatic N) is 5. The molecule has 0 aliphatic heterocycles. The van der Waals surface area contributed by atoms with Crippen molar-refractivity contribution in [3.05, 3.63) is 60.1 Å². The molecule has 0 aliphatic carbocycles. The molecule has 0 radical (unpaired) electrons. The predicted octanol–water partition coefficient (Wildman–Crippen LogP) is 6.37. The number of amides is 1. The standard InChI is InChI=1S/C28H26N8OS/c1-15-5-6-22(38-15)20-13-30-14-21-24(20)34-27(33-21)25-19-8-17(11-31-26(19)36-35-25)16-7-18(12-29-10-16)32-23(37)9-28(2,3)4/h5-8,10-14H,9H2,1-4H3,(H,32,37)(H,33,34)(H,31,35,36). The van der Waals surface area contributed by atoms with Gasteiger partial charge >= 0.3 is 0 Å². The Bertz CT molecular complexity index is 1810. The first-order chi connectivity index (χ1) is 18.2. The molecule has 38 heavy (non-hydrogen) atoms. The monoisotopic (exact) mass is 522 g/mol. The highest BCUT2D eigenvalue weighted by Crippen LogP contribution is 2.34. The van der Waals surface area contributed by atoms with E-state index in [0.29, 0.717) is 23.6 Å². The number of hydrogen-bond donors (Lipinski definition) is 3. The third kappa shape index (κ3) is 4.66. The molecule has 0 saturated carbocycles. The number of rotatable bonds is 5. The van der Waals surface area contributed by atoms with E-state index < -0.39 is 0 Å². The highest BCUT2D eigenvalue weighted by atomic mass is 32.1. The van der Waals surface area contributed by atoms with Gasteiger partial charge in [-0.2, -0.15) is 5.10 Å². The van der Waals surface area contributed by atoms with Crippen LogP contribution in [0.4, 0.5) is 5.69 Å². The number of fused-ring (bicyclic) bond motifs is 2. The molecule has 0 atom stereocenters. The van der Waals surface area contributed by atoms with Crippen molar-refractivity contribution in [2.24, 2.45) is 5.41 Å². The number of aryl methyl sites for hydroxylation is 1. The Labute approximate surface area is 222 Å². The summed E-state index contributed by atoms with van der Waals surface area (Å²) in [6, 6.07) is 8.11. The zero-order valence-corrected chi connectivity index (χ0v) is 22.3. The van der Waals surface area contributed by atoms with Crippen molar-refractivity contribution < 1.29 is 4.79 Å². The van der Waals surface area contributed by atoms with Gasteiger partial charge < -0.3 is 10.3 Å². The van der Waals surface area contributed by atoms with E-state index >= 15 is 0 Å². The summed E-state index contributed by atoms with van der Waals surface area (Å²) < 4.78 is 0. The van der Waals surface area contributed by atoms with E-state index in [1.165, 1.54) is 4.88 Å². The fourth-order valence-corrected chi connectivity index (χ4v) is 5.28. The van der Waals surface area contributed by atoms with Crippen LogP contribution in [0.15, 0.2) is 55.2 Å². The molecule has 6 aromatic rings. The highest BCUT2D eigenvalue weighted by molar-refractivity contribution is 7.15. The first-order valence-corrected chi connectivity index (χ1v) is 13.1. The predicted molar refractivity (Wildman–Crippen MR) is 151 cm³/mol. The molecular formula is C28H26N8OS. The topological polar surface area (TPSA) is 125 Å². The minimum absolute atomic E-state index is 0.0430. The summed E-state index contributed by atoms with van der Waals surface area (Å²) in [4.78, 5) is 36.4. The molecule has 1 amide bonds. The summed E-state index contributed by atoms with van der Waals surface area (Å²) >= 11 is 1.72. The minimum atomic E-state index is -0.0992. The maximum absolute atomic E-state index is 12.4. The second-order valence-electron chi connectivity index (χ2n) is 10.5. The number of aromatic nitrogens is 7. The van der Waals surface area contributed by atoms with Gasteiger partial charge in [-0.15, -0.1) is 11.3 Å². The fraction of sp³-hybridized carbons (Fsp3) is 0.214. The SMILES string of the molecule is Cc1ccc(-c2cncc3[nH]c(-c4[nH]nc5ncc(-c6cncc(NC(=O)CC(C)(C)C)c6)cc45)nc23)s1. The number of anilines is 1. The number of imidazole rings is 1. The summed E-state index contributed by atoms with van der Waals surface area (Å²) in [5, 5.41) is 11.3.